The topological polar surface area (TPSA) is 68.9 Å². The molecule has 130 valence electrons. The summed E-state index contributed by atoms with van der Waals surface area (Å²) in [4.78, 5) is 25.4. The van der Waals surface area contributed by atoms with Crippen molar-refractivity contribution in [3.8, 4) is 16.9 Å². The Labute approximate surface area is 146 Å². The number of benzene rings is 1. The fourth-order valence-corrected chi connectivity index (χ4v) is 2.65. The number of pyridine rings is 1. The lowest BCUT2D eigenvalue weighted by Crippen LogP contribution is -2.28. The molecular formula is C19H22N4O2. The number of carbonyl (C=O) groups is 1. The fourth-order valence-electron chi connectivity index (χ4n) is 2.65. The van der Waals surface area contributed by atoms with E-state index in [1.165, 1.54) is 4.68 Å². The van der Waals surface area contributed by atoms with Gasteiger partial charge in [0.15, 0.2) is 0 Å². The predicted molar refractivity (Wildman–Crippen MR) is 97.3 cm³/mol. The highest BCUT2D eigenvalue weighted by atomic mass is 16.2. The molecular weight excluding hydrogens is 316 g/mol. The molecule has 0 saturated heterocycles. The third-order valence-electron chi connectivity index (χ3n) is 4.00. The predicted octanol–water partition coefficient (Wildman–Crippen LogP) is 2.54. The van der Waals surface area contributed by atoms with Crippen LogP contribution < -0.4 is 10.9 Å². The van der Waals surface area contributed by atoms with Gasteiger partial charge in [0.2, 0.25) is 0 Å². The molecule has 6 heteroatoms. The number of aryl methyl sites for hydroxylation is 1. The summed E-state index contributed by atoms with van der Waals surface area (Å²) in [5, 5.41) is 7.34. The Kier molecular flexibility index (Phi) is 4.70. The van der Waals surface area contributed by atoms with E-state index < -0.39 is 0 Å². The summed E-state index contributed by atoms with van der Waals surface area (Å²) in [5.41, 5.74) is 1.76. The highest BCUT2D eigenvalue weighted by molar-refractivity contribution is 5.99. The SMILES string of the molecule is CCn1cc(C(=O)NCC(C)C)c2nn(-c3ccccc3)c(=O)c-2c1. The van der Waals surface area contributed by atoms with Crippen LogP contribution in [-0.2, 0) is 6.54 Å². The van der Waals surface area contributed by atoms with Crippen molar-refractivity contribution in [2.75, 3.05) is 6.54 Å². The smallest absolute Gasteiger partial charge is 0.282 e. The van der Waals surface area contributed by atoms with Gasteiger partial charge in [0, 0.05) is 25.5 Å². The van der Waals surface area contributed by atoms with Gasteiger partial charge in [-0.3, -0.25) is 9.59 Å². The van der Waals surface area contributed by atoms with Crippen LogP contribution in [0.4, 0.5) is 0 Å². The fraction of sp³-hybridized carbons (Fsp3) is 0.316. The number of fused-ring (bicyclic) bond motifs is 1. The lowest BCUT2D eigenvalue weighted by atomic mass is 10.1. The van der Waals surface area contributed by atoms with E-state index in [4.69, 9.17) is 0 Å². The monoisotopic (exact) mass is 338 g/mol. The van der Waals surface area contributed by atoms with Crippen molar-refractivity contribution in [2.24, 2.45) is 5.92 Å². The molecule has 1 aromatic rings. The van der Waals surface area contributed by atoms with Gasteiger partial charge in [-0.2, -0.15) is 9.78 Å². The van der Waals surface area contributed by atoms with Gasteiger partial charge in [-0.15, -0.1) is 0 Å². The number of nitrogens with zero attached hydrogens (tertiary/aromatic N) is 3. The number of carbonyl (C=O) groups excluding carboxylic acids is 1. The van der Waals surface area contributed by atoms with E-state index in [0.717, 1.165) is 0 Å². The van der Waals surface area contributed by atoms with E-state index in [1.54, 1.807) is 12.4 Å². The van der Waals surface area contributed by atoms with Crippen LogP contribution >= 0.6 is 0 Å². The van der Waals surface area contributed by atoms with Gasteiger partial charge in [0.25, 0.3) is 11.5 Å². The molecule has 0 bridgehead atoms. The second-order valence-electron chi connectivity index (χ2n) is 6.42. The summed E-state index contributed by atoms with van der Waals surface area (Å²) in [7, 11) is 0. The third-order valence-corrected chi connectivity index (χ3v) is 4.00. The first-order valence-corrected chi connectivity index (χ1v) is 8.47. The van der Waals surface area contributed by atoms with E-state index in [-0.39, 0.29) is 11.5 Å². The lowest BCUT2D eigenvalue weighted by molar-refractivity contribution is 0.0948. The van der Waals surface area contributed by atoms with Crippen LogP contribution in [0.1, 0.15) is 31.1 Å². The molecule has 1 amide bonds. The molecule has 25 heavy (non-hydrogen) atoms. The van der Waals surface area contributed by atoms with Crippen molar-refractivity contribution in [3.05, 3.63) is 58.6 Å². The maximum atomic E-state index is 12.8. The summed E-state index contributed by atoms with van der Waals surface area (Å²) < 4.78 is 3.19. The second kappa shape index (κ2) is 6.93. The number of para-hydroxylation sites is 1. The summed E-state index contributed by atoms with van der Waals surface area (Å²) in [5.74, 6) is 0.137. The van der Waals surface area contributed by atoms with Gasteiger partial charge < -0.3 is 9.88 Å². The van der Waals surface area contributed by atoms with Gasteiger partial charge in [0.1, 0.15) is 5.69 Å². The molecule has 0 radical (unpaired) electrons. The van der Waals surface area contributed by atoms with Crippen LogP contribution in [0.3, 0.4) is 0 Å². The number of rotatable bonds is 5. The molecule has 0 atom stereocenters. The molecule has 1 N–H and O–H groups in total. The van der Waals surface area contributed by atoms with Gasteiger partial charge >= 0.3 is 0 Å². The lowest BCUT2D eigenvalue weighted by Gasteiger charge is -2.12. The summed E-state index contributed by atoms with van der Waals surface area (Å²) in [6.45, 7) is 7.27. The van der Waals surface area contributed by atoms with Crippen LogP contribution in [0, 0.1) is 5.92 Å². The molecule has 2 aliphatic rings. The molecule has 2 aliphatic heterocycles. The van der Waals surface area contributed by atoms with Crippen molar-refractivity contribution < 1.29 is 4.79 Å². The van der Waals surface area contributed by atoms with Crippen molar-refractivity contribution >= 4 is 5.91 Å². The number of aromatic nitrogens is 3. The number of nitrogens with one attached hydrogen (secondary N) is 1. The zero-order chi connectivity index (χ0) is 18.0. The molecule has 0 aliphatic carbocycles. The standard InChI is InChI=1S/C19H22N4O2/c1-4-22-11-15(18(24)20-10-13(2)3)17-16(12-22)19(25)23(21-17)14-8-6-5-7-9-14/h5-9,11-13H,4,10H2,1-3H3,(H,20,24). The van der Waals surface area contributed by atoms with E-state index in [1.807, 2.05) is 55.7 Å². The van der Waals surface area contributed by atoms with Gasteiger partial charge in [-0.25, -0.2) is 0 Å². The third kappa shape index (κ3) is 3.33. The molecule has 0 aromatic heterocycles. The van der Waals surface area contributed by atoms with Crippen LogP contribution in [0.15, 0.2) is 47.5 Å². The molecule has 2 heterocycles. The second-order valence-corrected chi connectivity index (χ2v) is 6.42. The maximum absolute atomic E-state index is 12.8. The number of hydrogen-bond acceptors (Lipinski definition) is 3. The highest BCUT2D eigenvalue weighted by Crippen LogP contribution is 2.22. The van der Waals surface area contributed by atoms with Crippen molar-refractivity contribution in [3.63, 3.8) is 0 Å². The normalized spacial score (nSPS) is 11.2. The zero-order valence-corrected chi connectivity index (χ0v) is 14.7. The van der Waals surface area contributed by atoms with Gasteiger partial charge in [-0.1, -0.05) is 32.0 Å². The van der Waals surface area contributed by atoms with E-state index in [0.29, 0.717) is 41.5 Å². The zero-order valence-electron chi connectivity index (χ0n) is 14.7. The van der Waals surface area contributed by atoms with Crippen LogP contribution in [-0.4, -0.2) is 26.8 Å². The average Bonchev–Trinajstić information content (AvgIpc) is 2.96. The maximum Gasteiger partial charge on any atom is 0.282 e. The number of hydrogen-bond donors (Lipinski definition) is 1. The van der Waals surface area contributed by atoms with Gasteiger partial charge in [-0.05, 0) is 25.0 Å². The summed E-state index contributed by atoms with van der Waals surface area (Å²) in [6, 6.07) is 9.22. The van der Waals surface area contributed by atoms with Crippen LogP contribution in [0.5, 0.6) is 0 Å². The minimum atomic E-state index is -0.220. The Morgan fingerprint density at radius 1 is 1.20 bits per heavy atom. The van der Waals surface area contributed by atoms with Gasteiger partial charge in [0.05, 0.1) is 16.8 Å². The van der Waals surface area contributed by atoms with Crippen LogP contribution in [0.2, 0.25) is 0 Å². The van der Waals surface area contributed by atoms with Crippen molar-refractivity contribution in [2.45, 2.75) is 27.3 Å². The Hall–Kier alpha value is -2.89. The number of amides is 1. The summed E-state index contributed by atoms with van der Waals surface area (Å²) >= 11 is 0. The van der Waals surface area contributed by atoms with Crippen LogP contribution in [0.25, 0.3) is 16.9 Å². The van der Waals surface area contributed by atoms with E-state index in [9.17, 15) is 9.59 Å². The Balaban J connectivity index is 2.14. The average molecular weight is 338 g/mol. The molecule has 1 aromatic carbocycles. The first-order valence-electron chi connectivity index (χ1n) is 8.47. The first kappa shape index (κ1) is 17.0. The summed E-state index contributed by atoms with van der Waals surface area (Å²) in [6.07, 6.45) is 3.50. The molecule has 0 saturated carbocycles. The Morgan fingerprint density at radius 2 is 1.92 bits per heavy atom. The molecule has 6 nitrogen and oxygen atoms in total. The van der Waals surface area contributed by atoms with E-state index >= 15 is 0 Å². The Morgan fingerprint density at radius 3 is 2.56 bits per heavy atom. The van der Waals surface area contributed by atoms with Crippen molar-refractivity contribution in [1.82, 2.24) is 19.7 Å². The largest absolute Gasteiger partial charge is 0.353 e. The van der Waals surface area contributed by atoms with E-state index in [2.05, 4.69) is 10.4 Å². The quantitative estimate of drug-likeness (QED) is 0.777. The molecule has 0 spiro atoms. The molecule has 3 rings (SSSR count). The molecule has 0 fully saturated rings. The minimum Gasteiger partial charge on any atom is -0.353 e. The van der Waals surface area contributed by atoms with Crippen molar-refractivity contribution in [1.29, 1.82) is 0 Å². The molecule has 0 unspecified atom stereocenters. The first-order chi connectivity index (χ1) is 12.0. The Bertz CT molecular complexity index is 909. The minimum absolute atomic E-state index is 0.209. The highest BCUT2D eigenvalue weighted by Gasteiger charge is 2.24.